The van der Waals surface area contributed by atoms with Crippen molar-refractivity contribution in [3.8, 4) is 5.75 Å². The Balaban J connectivity index is 0.00000320. The Bertz CT molecular complexity index is 1100. The highest BCUT2D eigenvalue weighted by Crippen LogP contribution is 2.35. The molecule has 4 atom stereocenters. The van der Waals surface area contributed by atoms with Gasteiger partial charge in [0.15, 0.2) is 0 Å². The molecule has 0 spiro atoms. The lowest BCUT2D eigenvalue weighted by Gasteiger charge is -2.37. The summed E-state index contributed by atoms with van der Waals surface area (Å²) in [4.78, 5) is 20.6. The lowest BCUT2D eigenvalue weighted by Crippen LogP contribution is -2.54. The van der Waals surface area contributed by atoms with E-state index in [0.717, 1.165) is 24.2 Å². The fourth-order valence-corrected chi connectivity index (χ4v) is 4.97. The van der Waals surface area contributed by atoms with Crippen LogP contribution in [-0.2, 0) is 0 Å². The van der Waals surface area contributed by atoms with Crippen molar-refractivity contribution in [1.82, 2.24) is 15.0 Å². The van der Waals surface area contributed by atoms with Crippen LogP contribution in [0.3, 0.4) is 0 Å². The molecule has 2 aliphatic rings. The molecule has 2 fully saturated rings. The monoisotopic (exact) mass is 526 g/mol. The number of aromatic nitrogens is 3. The number of aromatic hydroxyl groups is 1. The second-order valence-electron chi connectivity index (χ2n) is 9.74. The first-order valence-electron chi connectivity index (χ1n) is 12.3. The van der Waals surface area contributed by atoms with Gasteiger partial charge >= 0.3 is 0 Å². The molecule has 198 valence electrons. The van der Waals surface area contributed by atoms with Crippen LogP contribution >= 0.6 is 12.4 Å². The molecule has 3 aromatic rings. The molecule has 3 heterocycles. The summed E-state index contributed by atoms with van der Waals surface area (Å²) in [6, 6.07) is 16.5. The Morgan fingerprint density at radius 3 is 1.54 bits per heavy atom. The molecule has 2 saturated heterocycles. The first-order chi connectivity index (χ1) is 17.4. The van der Waals surface area contributed by atoms with Gasteiger partial charge in [0, 0.05) is 61.7 Å². The number of hydrogen-bond donors (Lipinski definition) is 5. The van der Waals surface area contributed by atoms with Gasteiger partial charge in [-0.25, -0.2) is 0 Å². The molecule has 2 aliphatic heterocycles. The minimum Gasteiger partial charge on any atom is -0.508 e. The number of halogens is 1. The number of benzene rings is 2. The maximum absolute atomic E-state index is 9.89. The van der Waals surface area contributed by atoms with Crippen LogP contribution in [0.1, 0.15) is 12.8 Å². The van der Waals surface area contributed by atoms with E-state index >= 15 is 0 Å². The van der Waals surface area contributed by atoms with Gasteiger partial charge in [-0.05, 0) is 49.2 Å². The molecule has 9 N–H and O–H groups in total. The summed E-state index contributed by atoms with van der Waals surface area (Å²) in [5, 5.41) is 9.89. The summed E-state index contributed by atoms with van der Waals surface area (Å²) in [6.07, 6.45) is 1.50. The second-order valence-corrected chi connectivity index (χ2v) is 9.74. The Kier molecular flexibility index (Phi) is 8.30. The van der Waals surface area contributed by atoms with Crippen molar-refractivity contribution in [2.24, 2.45) is 22.9 Å². The van der Waals surface area contributed by atoms with Crippen molar-refractivity contribution in [2.45, 2.75) is 37.0 Å². The maximum Gasteiger partial charge on any atom is 0.241 e. The number of nitrogens with two attached hydrogens (primary N) is 4. The number of anilines is 5. The van der Waals surface area contributed by atoms with Crippen LogP contribution in [0, 0.1) is 0 Å². The zero-order valence-electron chi connectivity index (χ0n) is 20.6. The largest absolute Gasteiger partial charge is 0.508 e. The number of piperidine rings is 2. The predicted octanol–water partition coefficient (Wildman–Crippen LogP) is 1.20. The molecule has 1 aromatic heterocycles. The second kappa shape index (κ2) is 11.4. The molecule has 0 bridgehead atoms. The van der Waals surface area contributed by atoms with Gasteiger partial charge in [0.2, 0.25) is 17.8 Å². The van der Waals surface area contributed by atoms with Crippen LogP contribution in [-0.4, -0.2) is 70.4 Å². The van der Waals surface area contributed by atoms with E-state index in [-0.39, 0.29) is 42.3 Å². The van der Waals surface area contributed by atoms with Gasteiger partial charge in [0.25, 0.3) is 0 Å². The van der Waals surface area contributed by atoms with Gasteiger partial charge in [0.05, 0.1) is 0 Å². The topological polar surface area (TPSA) is 173 Å². The van der Waals surface area contributed by atoms with E-state index < -0.39 is 0 Å². The Labute approximate surface area is 222 Å². The van der Waals surface area contributed by atoms with Gasteiger partial charge in [-0.15, -0.1) is 12.4 Å². The van der Waals surface area contributed by atoms with Crippen LogP contribution in [0.2, 0.25) is 0 Å². The molecule has 37 heavy (non-hydrogen) atoms. The van der Waals surface area contributed by atoms with Crippen LogP contribution in [0.4, 0.5) is 29.2 Å². The zero-order valence-corrected chi connectivity index (χ0v) is 21.4. The number of hydrogen-bond acceptors (Lipinski definition) is 11. The normalized spacial score (nSPS) is 23.9. The van der Waals surface area contributed by atoms with E-state index in [1.54, 1.807) is 12.1 Å². The van der Waals surface area contributed by atoms with Gasteiger partial charge in [-0.2, -0.15) is 15.0 Å². The van der Waals surface area contributed by atoms with E-state index in [2.05, 4.69) is 0 Å². The summed E-state index contributed by atoms with van der Waals surface area (Å²) in [5.74, 6) is 1.63. The van der Waals surface area contributed by atoms with Crippen molar-refractivity contribution in [3.63, 3.8) is 0 Å². The Hall–Kier alpha value is -3.22. The highest BCUT2D eigenvalue weighted by Gasteiger charge is 2.30. The quantitative estimate of drug-likeness (QED) is 0.323. The third kappa shape index (κ3) is 6.20. The molecule has 0 unspecified atom stereocenters. The highest BCUT2D eigenvalue weighted by molar-refractivity contribution is 5.85. The van der Waals surface area contributed by atoms with Gasteiger partial charge in [0.1, 0.15) is 5.75 Å². The SMILES string of the molecule is Cl.N[C@@H]1C[C@H](N)CN(c2nc(N3C[C@H](N)C[C@H](N)C3)nc(N(c3ccccc3)c3ccc(O)cc3)n2)C1. The first-order valence-corrected chi connectivity index (χ1v) is 12.3. The zero-order chi connectivity index (χ0) is 25.2. The van der Waals surface area contributed by atoms with Crippen molar-refractivity contribution < 1.29 is 5.11 Å². The van der Waals surface area contributed by atoms with Crippen LogP contribution in [0.15, 0.2) is 54.6 Å². The number of phenolic OH excluding ortho intramolecular Hbond substituents is 1. The molecular weight excluding hydrogens is 492 g/mol. The summed E-state index contributed by atoms with van der Waals surface area (Å²) < 4.78 is 0. The average Bonchev–Trinajstić information content (AvgIpc) is 2.85. The number of phenols is 1. The molecule has 5 rings (SSSR count). The first kappa shape index (κ1) is 26.8. The smallest absolute Gasteiger partial charge is 0.241 e. The molecule has 0 saturated carbocycles. The molecule has 2 aromatic carbocycles. The van der Waals surface area contributed by atoms with E-state index in [1.807, 2.05) is 57.2 Å². The third-order valence-corrected chi connectivity index (χ3v) is 6.52. The standard InChI is InChI=1S/C25H34N10O.ClH/c26-16-10-17(27)13-33(12-16)23-30-24(34-14-18(28)11-19(29)15-34)32-25(31-23)35(20-4-2-1-3-5-20)21-6-8-22(36)9-7-21;/h1-9,16-19,36H,10-15,26-29H2;1H/t16-,17+,18-,19+;. The Morgan fingerprint density at radius 2 is 1.08 bits per heavy atom. The fourth-order valence-electron chi connectivity index (χ4n) is 4.97. The highest BCUT2D eigenvalue weighted by atomic mass is 35.5. The van der Waals surface area contributed by atoms with Crippen molar-refractivity contribution in [3.05, 3.63) is 54.6 Å². The summed E-state index contributed by atoms with van der Waals surface area (Å²) in [7, 11) is 0. The predicted molar refractivity (Wildman–Crippen MR) is 149 cm³/mol. The molecule has 11 nitrogen and oxygen atoms in total. The summed E-state index contributed by atoms with van der Waals surface area (Å²) in [5.41, 5.74) is 26.8. The molecule has 12 heteroatoms. The molecule has 0 radical (unpaired) electrons. The van der Waals surface area contributed by atoms with E-state index in [9.17, 15) is 5.11 Å². The maximum atomic E-state index is 9.89. The number of para-hydroxylation sites is 1. The van der Waals surface area contributed by atoms with E-state index in [4.69, 9.17) is 37.9 Å². The number of rotatable bonds is 5. The van der Waals surface area contributed by atoms with Gasteiger partial charge < -0.3 is 37.8 Å². The van der Waals surface area contributed by atoms with Gasteiger partial charge in [-0.3, -0.25) is 4.90 Å². The molecular formula is C25H35ClN10O. The fraction of sp³-hybridized carbons (Fsp3) is 0.400. The van der Waals surface area contributed by atoms with E-state index in [1.165, 1.54) is 0 Å². The van der Waals surface area contributed by atoms with Crippen molar-refractivity contribution >= 4 is 41.6 Å². The van der Waals surface area contributed by atoms with Crippen LogP contribution < -0.4 is 37.6 Å². The minimum absolute atomic E-state index is 0. The minimum atomic E-state index is -0.0726. The average molecular weight is 527 g/mol. The van der Waals surface area contributed by atoms with Crippen molar-refractivity contribution in [1.29, 1.82) is 0 Å². The lowest BCUT2D eigenvalue weighted by molar-refractivity contribution is 0.441. The van der Waals surface area contributed by atoms with Crippen LogP contribution in [0.25, 0.3) is 0 Å². The van der Waals surface area contributed by atoms with E-state index in [0.29, 0.717) is 44.0 Å². The molecule has 0 amide bonds. The summed E-state index contributed by atoms with van der Waals surface area (Å²) >= 11 is 0. The number of nitrogens with zero attached hydrogens (tertiary/aromatic N) is 6. The third-order valence-electron chi connectivity index (χ3n) is 6.52. The van der Waals surface area contributed by atoms with Gasteiger partial charge in [-0.1, -0.05) is 18.2 Å². The van der Waals surface area contributed by atoms with Crippen LogP contribution in [0.5, 0.6) is 5.75 Å². The Morgan fingerprint density at radius 1 is 0.649 bits per heavy atom. The lowest BCUT2D eigenvalue weighted by atomic mass is 10.0. The molecule has 0 aliphatic carbocycles. The van der Waals surface area contributed by atoms with Crippen molar-refractivity contribution in [2.75, 3.05) is 40.9 Å². The summed E-state index contributed by atoms with van der Waals surface area (Å²) in [6.45, 7) is 2.39.